The number of nitrogens with zero attached hydrogens (tertiary/aromatic N) is 2. The van der Waals surface area contributed by atoms with E-state index in [-0.39, 0.29) is 0 Å². The molecule has 0 saturated heterocycles. The highest BCUT2D eigenvalue weighted by molar-refractivity contribution is 5.96. The molecule has 3 rings (SSSR count). The van der Waals surface area contributed by atoms with Gasteiger partial charge in [0.05, 0.1) is 0 Å². The lowest BCUT2D eigenvalue weighted by Crippen LogP contribution is -1.85. The molecule has 0 aliphatic carbocycles. The minimum atomic E-state index is 0.444. The molecule has 0 radical (unpaired) electrons. The highest BCUT2D eigenvalue weighted by Gasteiger charge is 2.03. The SMILES string of the molecule is N#Cc1ccc(-c2cccc3ccccc23)cn1. The molecule has 0 aliphatic heterocycles. The molecule has 0 spiro atoms. The first-order valence-electron chi connectivity index (χ1n) is 5.73. The highest BCUT2D eigenvalue weighted by Crippen LogP contribution is 2.27. The molecular weight excluding hydrogens is 220 g/mol. The van der Waals surface area contributed by atoms with Crippen LogP contribution < -0.4 is 0 Å². The van der Waals surface area contributed by atoms with Crippen LogP contribution in [0.25, 0.3) is 21.9 Å². The van der Waals surface area contributed by atoms with Crippen LogP contribution in [-0.4, -0.2) is 4.98 Å². The third kappa shape index (κ3) is 1.72. The topological polar surface area (TPSA) is 36.7 Å². The number of hydrogen-bond acceptors (Lipinski definition) is 2. The van der Waals surface area contributed by atoms with Gasteiger partial charge < -0.3 is 0 Å². The molecule has 3 aromatic rings. The quantitative estimate of drug-likeness (QED) is 0.638. The van der Waals surface area contributed by atoms with Gasteiger partial charge in [0.1, 0.15) is 11.8 Å². The first-order valence-corrected chi connectivity index (χ1v) is 5.73. The van der Waals surface area contributed by atoms with Gasteiger partial charge >= 0.3 is 0 Å². The van der Waals surface area contributed by atoms with Gasteiger partial charge in [-0.2, -0.15) is 5.26 Å². The Morgan fingerprint density at radius 2 is 1.72 bits per heavy atom. The van der Waals surface area contributed by atoms with Gasteiger partial charge in [-0.3, -0.25) is 0 Å². The normalized spacial score (nSPS) is 10.2. The molecule has 0 N–H and O–H groups in total. The molecule has 1 aromatic heterocycles. The van der Waals surface area contributed by atoms with Crippen molar-refractivity contribution in [3.05, 3.63) is 66.5 Å². The lowest BCUT2D eigenvalue weighted by molar-refractivity contribution is 1.27. The minimum absolute atomic E-state index is 0.444. The molecule has 0 fully saturated rings. The van der Waals surface area contributed by atoms with Crippen LogP contribution in [0.5, 0.6) is 0 Å². The van der Waals surface area contributed by atoms with Crippen LogP contribution in [0.1, 0.15) is 5.69 Å². The maximum Gasteiger partial charge on any atom is 0.140 e. The molecule has 1 heterocycles. The Balaban J connectivity index is 2.22. The Morgan fingerprint density at radius 3 is 2.50 bits per heavy atom. The smallest absolute Gasteiger partial charge is 0.140 e. The van der Waals surface area contributed by atoms with Gasteiger partial charge in [-0.1, -0.05) is 42.5 Å². The number of benzene rings is 2. The van der Waals surface area contributed by atoms with Crippen LogP contribution in [0.15, 0.2) is 60.8 Å². The van der Waals surface area contributed by atoms with Gasteiger partial charge in [-0.25, -0.2) is 4.98 Å². The molecule has 2 nitrogen and oxygen atoms in total. The number of rotatable bonds is 1. The number of nitriles is 1. The molecule has 18 heavy (non-hydrogen) atoms. The van der Waals surface area contributed by atoms with E-state index in [0.717, 1.165) is 11.1 Å². The van der Waals surface area contributed by atoms with Gasteiger partial charge in [-0.15, -0.1) is 0 Å². The molecule has 2 aromatic carbocycles. The molecule has 0 bridgehead atoms. The summed E-state index contributed by atoms with van der Waals surface area (Å²) in [5, 5.41) is 11.2. The van der Waals surface area contributed by atoms with E-state index in [2.05, 4.69) is 29.2 Å². The fraction of sp³-hybridized carbons (Fsp3) is 0. The van der Waals surface area contributed by atoms with Crippen molar-refractivity contribution in [2.24, 2.45) is 0 Å². The lowest BCUT2D eigenvalue weighted by Gasteiger charge is -2.06. The molecule has 84 valence electrons. The summed E-state index contributed by atoms with van der Waals surface area (Å²) in [6.45, 7) is 0. The Morgan fingerprint density at radius 1 is 0.889 bits per heavy atom. The van der Waals surface area contributed by atoms with E-state index in [9.17, 15) is 0 Å². The standard InChI is InChI=1S/C16H10N2/c17-10-14-9-8-13(11-18-14)16-7-3-5-12-4-1-2-6-15(12)16/h1-9,11H. The maximum absolute atomic E-state index is 8.76. The van der Waals surface area contributed by atoms with Crippen LogP contribution in [0.2, 0.25) is 0 Å². The Bertz CT molecular complexity index is 732. The Kier molecular flexibility index (Phi) is 2.51. The zero-order valence-corrected chi connectivity index (χ0v) is 9.67. The molecule has 2 heteroatoms. The van der Waals surface area contributed by atoms with Crippen molar-refractivity contribution in [1.82, 2.24) is 4.98 Å². The highest BCUT2D eigenvalue weighted by atomic mass is 14.7. The monoisotopic (exact) mass is 230 g/mol. The second-order valence-electron chi connectivity index (χ2n) is 4.07. The minimum Gasteiger partial charge on any atom is -0.245 e. The van der Waals surface area contributed by atoms with E-state index in [0.29, 0.717) is 5.69 Å². The fourth-order valence-electron chi connectivity index (χ4n) is 2.10. The number of pyridine rings is 1. The van der Waals surface area contributed by atoms with E-state index in [1.807, 2.05) is 30.3 Å². The average Bonchev–Trinajstić information content (AvgIpc) is 2.47. The van der Waals surface area contributed by atoms with E-state index in [1.54, 1.807) is 12.3 Å². The summed E-state index contributed by atoms with van der Waals surface area (Å²) >= 11 is 0. The number of fused-ring (bicyclic) bond motifs is 1. The second-order valence-corrected chi connectivity index (χ2v) is 4.07. The summed E-state index contributed by atoms with van der Waals surface area (Å²) < 4.78 is 0. The molecule has 0 aliphatic rings. The van der Waals surface area contributed by atoms with E-state index in [4.69, 9.17) is 5.26 Å². The molecule has 0 unspecified atom stereocenters. The van der Waals surface area contributed by atoms with Crippen molar-refractivity contribution < 1.29 is 0 Å². The second kappa shape index (κ2) is 4.31. The summed E-state index contributed by atoms with van der Waals surface area (Å²) in [7, 11) is 0. The van der Waals surface area contributed by atoms with Crippen LogP contribution >= 0.6 is 0 Å². The van der Waals surface area contributed by atoms with Crippen molar-refractivity contribution in [2.75, 3.05) is 0 Å². The maximum atomic E-state index is 8.76. The molecule has 0 atom stereocenters. The predicted molar refractivity (Wildman–Crippen MR) is 71.9 cm³/mol. The Hall–Kier alpha value is -2.66. The average molecular weight is 230 g/mol. The zero-order chi connectivity index (χ0) is 12.4. The van der Waals surface area contributed by atoms with E-state index in [1.165, 1.54) is 10.8 Å². The summed E-state index contributed by atoms with van der Waals surface area (Å²) in [6.07, 6.45) is 1.75. The predicted octanol–water partition coefficient (Wildman–Crippen LogP) is 3.77. The van der Waals surface area contributed by atoms with Crippen LogP contribution in [0.3, 0.4) is 0 Å². The van der Waals surface area contributed by atoms with Crippen molar-refractivity contribution in [2.45, 2.75) is 0 Å². The van der Waals surface area contributed by atoms with Gasteiger partial charge in [0, 0.05) is 11.8 Å². The summed E-state index contributed by atoms with van der Waals surface area (Å²) in [5.41, 5.74) is 2.62. The number of hydrogen-bond donors (Lipinski definition) is 0. The molecular formula is C16H10N2. The largest absolute Gasteiger partial charge is 0.245 e. The first-order chi connectivity index (χ1) is 8.88. The molecule has 0 saturated carbocycles. The van der Waals surface area contributed by atoms with Gasteiger partial charge in [0.2, 0.25) is 0 Å². The summed E-state index contributed by atoms with van der Waals surface area (Å²) in [4.78, 5) is 4.12. The third-order valence-electron chi connectivity index (χ3n) is 2.98. The van der Waals surface area contributed by atoms with Crippen molar-refractivity contribution in [3.63, 3.8) is 0 Å². The molecule has 0 amide bonds. The zero-order valence-electron chi connectivity index (χ0n) is 9.67. The van der Waals surface area contributed by atoms with E-state index >= 15 is 0 Å². The van der Waals surface area contributed by atoms with Gasteiger partial charge in [-0.05, 0) is 28.5 Å². The van der Waals surface area contributed by atoms with Crippen LogP contribution in [0.4, 0.5) is 0 Å². The number of aromatic nitrogens is 1. The van der Waals surface area contributed by atoms with Gasteiger partial charge in [0.25, 0.3) is 0 Å². The fourth-order valence-corrected chi connectivity index (χ4v) is 2.10. The summed E-state index contributed by atoms with van der Waals surface area (Å²) in [5.74, 6) is 0. The van der Waals surface area contributed by atoms with Crippen molar-refractivity contribution in [1.29, 1.82) is 5.26 Å². The third-order valence-corrected chi connectivity index (χ3v) is 2.98. The summed E-state index contributed by atoms with van der Waals surface area (Å²) in [6, 6.07) is 20.2. The first kappa shape index (κ1) is 10.5. The Labute approximate surface area is 105 Å². The van der Waals surface area contributed by atoms with Crippen LogP contribution in [0, 0.1) is 11.3 Å². The van der Waals surface area contributed by atoms with E-state index < -0.39 is 0 Å². The van der Waals surface area contributed by atoms with Gasteiger partial charge in [0.15, 0.2) is 0 Å². The lowest BCUT2D eigenvalue weighted by atomic mass is 9.99. The van der Waals surface area contributed by atoms with Crippen molar-refractivity contribution in [3.8, 4) is 17.2 Å². The van der Waals surface area contributed by atoms with Crippen molar-refractivity contribution >= 4 is 10.8 Å². The van der Waals surface area contributed by atoms with Crippen LogP contribution in [-0.2, 0) is 0 Å².